The molecule has 9 heteroatoms. The van der Waals surface area contributed by atoms with Gasteiger partial charge in [-0.15, -0.1) is 0 Å². The maximum Gasteiger partial charge on any atom is 0.297 e. The second-order valence-corrected chi connectivity index (χ2v) is 9.99. The summed E-state index contributed by atoms with van der Waals surface area (Å²) in [6.45, 7) is 5.04. The van der Waals surface area contributed by atoms with Crippen molar-refractivity contribution in [2.24, 2.45) is 0 Å². The lowest BCUT2D eigenvalue weighted by Crippen LogP contribution is -2.45. The highest BCUT2D eigenvalue weighted by Gasteiger charge is 2.58. The predicted octanol–water partition coefficient (Wildman–Crippen LogP) is 2.52. The summed E-state index contributed by atoms with van der Waals surface area (Å²) in [5, 5.41) is 10.0. The van der Waals surface area contributed by atoms with E-state index in [1.54, 1.807) is 26.0 Å². The van der Waals surface area contributed by atoms with Gasteiger partial charge in [0.15, 0.2) is 12.1 Å². The number of fused-ring (bicyclic) bond motifs is 1. The molecule has 0 saturated carbocycles. The lowest BCUT2D eigenvalue weighted by molar-refractivity contribution is -0.230. The molecule has 0 radical (unpaired) electrons. The average Bonchev–Trinajstić information content (AvgIpc) is 3.23. The lowest BCUT2D eigenvalue weighted by Gasteiger charge is -2.29. The van der Waals surface area contributed by atoms with Crippen LogP contribution in [0.4, 0.5) is 0 Å². The summed E-state index contributed by atoms with van der Waals surface area (Å²) >= 11 is 0. The smallest absolute Gasteiger partial charge is 0.297 e. The number of aliphatic hydroxyl groups excluding tert-OH is 1. The summed E-state index contributed by atoms with van der Waals surface area (Å²) in [6.07, 6.45) is -4.21. The standard InChI is InChI=1S/C23H28O8S/c1-15-9-11-17(12-10-15)32(25,26)31-18(13-24)19-20(27-14-16-7-5-4-6-8-16)21-22(28-19)30-23(2,3)29-21/h4-12,18-22,24H,13-14H2,1-3H3/t18-,19-,20+,21-,22-/m1/s1. The zero-order valence-corrected chi connectivity index (χ0v) is 19.0. The second kappa shape index (κ2) is 9.18. The molecule has 1 N–H and O–H groups in total. The molecular formula is C23H28O8S. The number of ether oxygens (including phenoxy) is 4. The van der Waals surface area contributed by atoms with Crippen molar-refractivity contribution in [3.05, 3.63) is 65.7 Å². The molecule has 2 saturated heterocycles. The molecule has 2 aromatic rings. The van der Waals surface area contributed by atoms with Crippen molar-refractivity contribution in [3.8, 4) is 0 Å². The molecule has 8 nitrogen and oxygen atoms in total. The molecule has 32 heavy (non-hydrogen) atoms. The SMILES string of the molecule is Cc1ccc(S(=O)(=O)O[C@H](CO)[C@H]2O[C@@H]3OC(C)(C)O[C@@H]3[C@H]2OCc2ccccc2)cc1. The van der Waals surface area contributed by atoms with E-state index in [9.17, 15) is 13.5 Å². The van der Waals surface area contributed by atoms with Crippen molar-refractivity contribution in [1.29, 1.82) is 0 Å². The quantitative estimate of drug-likeness (QED) is 0.595. The molecule has 2 aliphatic heterocycles. The van der Waals surface area contributed by atoms with Crippen LogP contribution in [-0.4, -0.2) is 56.6 Å². The fourth-order valence-corrected chi connectivity index (χ4v) is 4.95. The molecule has 0 aliphatic carbocycles. The largest absolute Gasteiger partial charge is 0.394 e. The molecule has 2 heterocycles. The number of hydrogen-bond acceptors (Lipinski definition) is 8. The van der Waals surface area contributed by atoms with Gasteiger partial charge in [0.2, 0.25) is 0 Å². The molecule has 0 spiro atoms. The van der Waals surface area contributed by atoms with E-state index in [0.29, 0.717) is 0 Å². The Morgan fingerprint density at radius 1 is 1.06 bits per heavy atom. The molecule has 2 aromatic carbocycles. The predicted molar refractivity (Wildman–Crippen MR) is 114 cm³/mol. The molecule has 2 aliphatic rings. The minimum Gasteiger partial charge on any atom is -0.394 e. The Bertz CT molecular complexity index is 1010. The van der Waals surface area contributed by atoms with Gasteiger partial charge in [0.1, 0.15) is 24.4 Å². The van der Waals surface area contributed by atoms with E-state index in [4.69, 9.17) is 23.1 Å². The molecule has 5 atom stereocenters. The Balaban J connectivity index is 1.55. The molecule has 2 fully saturated rings. The first kappa shape index (κ1) is 23.3. The van der Waals surface area contributed by atoms with Gasteiger partial charge in [-0.2, -0.15) is 8.42 Å². The van der Waals surface area contributed by atoms with Crippen LogP contribution in [0.3, 0.4) is 0 Å². The van der Waals surface area contributed by atoms with Gasteiger partial charge in [-0.25, -0.2) is 0 Å². The summed E-state index contributed by atoms with van der Waals surface area (Å²) in [5.41, 5.74) is 1.85. The van der Waals surface area contributed by atoms with Crippen molar-refractivity contribution >= 4 is 10.1 Å². The Morgan fingerprint density at radius 3 is 2.41 bits per heavy atom. The number of aliphatic hydroxyl groups is 1. The Labute approximate surface area is 188 Å². The average molecular weight is 465 g/mol. The molecule has 0 bridgehead atoms. The van der Waals surface area contributed by atoms with Gasteiger partial charge < -0.3 is 24.1 Å². The third-order valence-electron chi connectivity index (χ3n) is 5.42. The summed E-state index contributed by atoms with van der Waals surface area (Å²) in [4.78, 5) is -0.00451. The van der Waals surface area contributed by atoms with Gasteiger partial charge in [0.25, 0.3) is 10.1 Å². The van der Waals surface area contributed by atoms with Gasteiger partial charge in [-0.1, -0.05) is 48.0 Å². The molecule has 0 amide bonds. The van der Waals surface area contributed by atoms with Gasteiger partial charge >= 0.3 is 0 Å². The van der Waals surface area contributed by atoms with E-state index in [1.165, 1.54) is 12.1 Å². The highest BCUT2D eigenvalue weighted by atomic mass is 32.2. The third kappa shape index (κ3) is 5.04. The van der Waals surface area contributed by atoms with Crippen LogP contribution >= 0.6 is 0 Å². The molecular weight excluding hydrogens is 436 g/mol. The van der Waals surface area contributed by atoms with Gasteiger partial charge in [-0.05, 0) is 38.5 Å². The van der Waals surface area contributed by atoms with Gasteiger partial charge in [0, 0.05) is 0 Å². The van der Waals surface area contributed by atoms with Crippen molar-refractivity contribution in [2.45, 2.75) is 68.8 Å². The summed E-state index contributed by atoms with van der Waals surface area (Å²) in [6, 6.07) is 15.8. The summed E-state index contributed by atoms with van der Waals surface area (Å²) in [7, 11) is -4.14. The van der Waals surface area contributed by atoms with E-state index in [-0.39, 0.29) is 11.5 Å². The zero-order chi connectivity index (χ0) is 22.9. The monoisotopic (exact) mass is 464 g/mol. The Hall–Kier alpha value is -1.85. The molecule has 0 aromatic heterocycles. The third-order valence-corrected chi connectivity index (χ3v) is 6.77. The van der Waals surface area contributed by atoms with Crippen LogP contribution in [0.2, 0.25) is 0 Å². The maximum absolute atomic E-state index is 12.8. The highest BCUT2D eigenvalue weighted by molar-refractivity contribution is 7.86. The maximum atomic E-state index is 12.8. The first-order valence-corrected chi connectivity index (χ1v) is 11.9. The van der Waals surface area contributed by atoms with Crippen LogP contribution in [0.25, 0.3) is 0 Å². The summed E-state index contributed by atoms with van der Waals surface area (Å²) < 4.78 is 54.9. The first-order valence-electron chi connectivity index (χ1n) is 10.5. The molecule has 174 valence electrons. The second-order valence-electron chi connectivity index (χ2n) is 8.41. The van der Waals surface area contributed by atoms with Crippen molar-refractivity contribution in [3.63, 3.8) is 0 Å². The van der Waals surface area contributed by atoms with Crippen molar-refractivity contribution in [2.75, 3.05) is 6.61 Å². The van der Waals surface area contributed by atoms with Crippen LogP contribution in [0.15, 0.2) is 59.5 Å². The highest BCUT2D eigenvalue weighted by Crippen LogP contribution is 2.40. The molecule has 0 unspecified atom stereocenters. The zero-order valence-electron chi connectivity index (χ0n) is 18.2. The summed E-state index contributed by atoms with van der Waals surface area (Å²) in [5.74, 6) is -0.877. The van der Waals surface area contributed by atoms with E-state index in [0.717, 1.165) is 11.1 Å². The Kier molecular flexibility index (Phi) is 6.69. The van der Waals surface area contributed by atoms with Crippen LogP contribution < -0.4 is 0 Å². The Morgan fingerprint density at radius 2 is 1.75 bits per heavy atom. The van der Waals surface area contributed by atoms with Crippen molar-refractivity contribution < 1.29 is 36.7 Å². The van der Waals surface area contributed by atoms with E-state index < -0.39 is 53.2 Å². The van der Waals surface area contributed by atoms with E-state index >= 15 is 0 Å². The van der Waals surface area contributed by atoms with Crippen molar-refractivity contribution in [1.82, 2.24) is 0 Å². The normalized spacial score (nSPS) is 27.9. The number of benzene rings is 2. The fraction of sp³-hybridized carbons (Fsp3) is 0.478. The lowest BCUT2D eigenvalue weighted by atomic mass is 10.1. The molecule has 4 rings (SSSR count). The number of rotatable bonds is 8. The topological polar surface area (TPSA) is 101 Å². The van der Waals surface area contributed by atoms with Crippen LogP contribution in [0, 0.1) is 6.92 Å². The first-order chi connectivity index (χ1) is 15.2. The van der Waals surface area contributed by atoms with E-state index in [1.807, 2.05) is 37.3 Å². The minimum atomic E-state index is -4.14. The number of hydrogen-bond donors (Lipinski definition) is 1. The van der Waals surface area contributed by atoms with Gasteiger partial charge in [0.05, 0.1) is 18.1 Å². The van der Waals surface area contributed by atoms with Crippen LogP contribution in [0.5, 0.6) is 0 Å². The number of aryl methyl sites for hydroxylation is 1. The fourth-order valence-electron chi connectivity index (χ4n) is 3.87. The van der Waals surface area contributed by atoms with Gasteiger partial charge in [-0.3, -0.25) is 4.18 Å². The van der Waals surface area contributed by atoms with E-state index in [2.05, 4.69) is 0 Å². The van der Waals surface area contributed by atoms with Crippen LogP contribution in [0.1, 0.15) is 25.0 Å². The van der Waals surface area contributed by atoms with Crippen LogP contribution in [-0.2, 0) is 39.9 Å². The minimum absolute atomic E-state index is 0.00451.